The van der Waals surface area contributed by atoms with Gasteiger partial charge in [0.1, 0.15) is 5.75 Å². The van der Waals surface area contributed by atoms with Crippen molar-refractivity contribution in [2.45, 2.75) is 37.0 Å². The summed E-state index contributed by atoms with van der Waals surface area (Å²) in [6.07, 6.45) is 0.00461. The molecule has 0 saturated carbocycles. The maximum atomic E-state index is 14.1. The molecule has 2 aromatic carbocycles. The number of hydrogen-bond acceptors (Lipinski definition) is 5. The molecule has 2 aliphatic heterocycles. The normalized spacial score (nSPS) is 27.0. The highest BCUT2D eigenvalue weighted by molar-refractivity contribution is 6.31. The number of amides is 3. The number of primary amides is 1. The van der Waals surface area contributed by atoms with Gasteiger partial charge in [-0.1, -0.05) is 48.3 Å². The zero-order valence-electron chi connectivity index (χ0n) is 22.4. The van der Waals surface area contributed by atoms with E-state index >= 15 is 0 Å². The molecule has 8 nitrogen and oxygen atoms in total. The average Bonchev–Trinajstić information content (AvgIpc) is 3.57. The predicted molar refractivity (Wildman–Crippen MR) is 153 cm³/mol. The number of ether oxygens (including phenoxy) is 1. The van der Waals surface area contributed by atoms with Crippen LogP contribution in [0.3, 0.4) is 0 Å². The van der Waals surface area contributed by atoms with Crippen LogP contribution in [0.15, 0.2) is 59.7 Å². The Hall–Kier alpha value is -3.54. The van der Waals surface area contributed by atoms with Gasteiger partial charge in [-0.05, 0) is 48.4 Å². The van der Waals surface area contributed by atoms with Gasteiger partial charge in [-0.25, -0.2) is 0 Å². The van der Waals surface area contributed by atoms with Gasteiger partial charge in [-0.3, -0.25) is 14.4 Å². The van der Waals surface area contributed by atoms with Crippen molar-refractivity contribution >= 4 is 52.3 Å². The third-order valence-corrected chi connectivity index (χ3v) is 8.93. The first-order chi connectivity index (χ1) is 19.8. The Kier molecular flexibility index (Phi) is 7.80. The lowest BCUT2D eigenvalue weighted by molar-refractivity contribution is -0.173. The zero-order chi connectivity index (χ0) is 30.6. The molecule has 0 aromatic heterocycles. The van der Waals surface area contributed by atoms with E-state index in [0.29, 0.717) is 21.3 Å². The third-order valence-electron chi connectivity index (χ3n) is 8.32. The standard InChI is InChI=1S/C29H27Cl2F3N4O4/c1-13(29(32,33)34)10-22-28(17-8-7-15(30)12-20(17)37-27(28)41)23(16-4-3-5-18(16)31)24(38-22)26(40)36-19-9-6-14(25(35)39)11-21(19)42-2/h3-9,11-13,16,22-24,38H,10H2,1-2H3,(H2,35,39)(H,36,40)(H,37,41)/t13-,16?,22+,23?,24-,28-/m1/s1. The van der Waals surface area contributed by atoms with E-state index in [1.54, 1.807) is 30.4 Å². The summed E-state index contributed by atoms with van der Waals surface area (Å²) in [5.41, 5.74) is 4.87. The van der Waals surface area contributed by atoms with Crippen LogP contribution in [0.5, 0.6) is 5.75 Å². The summed E-state index contributed by atoms with van der Waals surface area (Å²) in [5.74, 6) is -5.16. The van der Waals surface area contributed by atoms with E-state index < -0.39 is 65.6 Å². The lowest BCUT2D eigenvalue weighted by Gasteiger charge is -2.38. The lowest BCUT2D eigenvalue weighted by atomic mass is 9.61. The second kappa shape index (κ2) is 10.9. The van der Waals surface area contributed by atoms with E-state index in [2.05, 4.69) is 16.0 Å². The summed E-state index contributed by atoms with van der Waals surface area (Å²) in [7, 11) is 1.34. The fraction of sp³-hybridized carbons (Fsp3) is 0.345. The number of carbonyl (C=O) groups is 3. The maximum Gasteiger partial charge on any atom is 0.391 e. The highest BCUT2D eigenvalue weighted by atomic mass is 35.5. The minimum Gasteiger partial charge on any atom is -0.495 e. The SMILES string of the molecule is COc1cc(C(N)=O)ccc1NC(=O)[C@@H]1N[C@@H](C[C@@H](C)C(F)(F)F)[C@@]2(C(=O)Nc3cc(Cl)ccc32)C1C1C=CC=C1Cl. The highest BCUT2D eigenvalue weighted by Crippen LogP contribution is 2.57. The molecule has 0 radical (unpaired) electrons. The average molecular weight is 623 g/mol. The molecule has 2 heterocycles. The number of nitrogens with one attached hydrogen (secondary N) is 3. The van der Waals surface area contributed by atoms with E-state index in [1.165, 1.54) is 31.4 Å². The van der Waals surface area contributed by atoms with Gasteiger partial charge in [0, 0.05) is 39.2 Å². The number of allylic oxidation sites excluding steroid dienone is 4. The monoisotopic (exact) mass is 622 g/mol. The van der Waals surface area contributed by atoms with Crippen LogP contribution in [0.4, 0.5) is 24.5 Å². The molecule has 5 rings (SSSR count). The molecule has 222 valence electrons. The number of hydrogen-bond donors (Lipinski definition) is 4. The van der Waals surface area contributed by atoms with E-state index in [0.717, 1.165) is 6.92 Å². The zero-order valence-corrected chi connectivity index (χ0v) is 23.9. The molecule has 6 atom stereocenters. The number of carbonyl (C=O) groups excluding carboxylic acids is 3. The quantitative estimate of drug-likeness (QED) is 0.341. The molecule has 1 spiro atoms. The smallest absolute Gasteiger partial charge is 0.391 e. The van der Waals surface area contributed by atoms with Crippen LogP contribution >= 0.6 is 23.2 Å². The number of methoxy groups -OCH3 is 1. The topological polar surface area (TPSA) is 123 Å². The summed E-state index contributed by atoms with van der Waals surface area (Å²) in [5, 5.41) is 9.32. The molecule has 2 unspecified atom stereocenters. The molecule has 2 aromatic rings. The van der Waals surface area contributed by atoms with Crippen LogP contribution in [0.1, 0.15) is 29.3 Å². The van der Waals surface area contributed by atoms with Crippen molar-refractivity contribution in [3.8, 4) is 5.75 Å². The minimum atomic E-state index is -4.54. The van der Waals surface area contributed by atoms with Gasteiger partial charge in [-0.2, -0.15) is 13.2 Å². The second-order valence-corrected chi connectivity index (χ2v) is 11.5. The Balaban J connectivity index is 1.64. The van der Waals surface area contributed by atoms with Crippen molar-refractivity contribution in [1.29, 1.82) is 0 Å². The van der Waals surface area contributed by atoms with Crippen LogP contribution in [0.25, 0.3) is 0 Å². The molecule has 1 aliphatic carbocycles. The van der Waals surface area contributed by atoms with Gasteiger partial charge < -0.3 is 26.4 Å². The fourth-order valence-electron chi connectivity index (χ4n) is 6.34. The Morgan fingerprint density at radius 3 is 2.55 bits per heavy atom. The molecular formula is C29H27Cl2F3N4O4. The molecular weight excluding hydrogens is 596 g/mol. The van der Waals surface area contributed by atoms with Crippen molar-refractivity contribution in [1.82, 2.24) is 5.32 Å². The van der Waals surface area contributed by atoms with Gasteiger partial charge in [0.2, 0.25) is 17.7 Å². The number of nitrogens with two attached hydrogens (primary N) is 1. The first-order valence-electron chi connectivity index (χ1n) is 13.1. The summed E-state index contributed by atoms with van der Waals surface area (Å²) in [4.78, 5) is 39.7. The first-order valence-corrected chi connectivity index (χ1v) is 13.8. The summed E-state index contributed by atoms with van der Waals surface area (Å²) in [6.45, 7) is 1.04. The van der Waals surface area contributed by atoms with Crippen LogP contribution in [-0.4, -0.2) is 43.1 Å². The first kappa shape index (κ1) is 29.9. The van der Waals surface area contributed by atoms with Gasteiger partial charge in [-0.15, -0.1) is 0 Å². The molecule has 1 fully saturated rings. The van der Waals surface area contributed by atoms with Crippen LogP contribution < -0.4 is 26.4 Å². The van der Waals surface area contributed by atoms with Gasteiger partial charge in [0.05, 0.1) is 30.2 Å². The highest BCUT2D eigenvalue weighted by Gasteiger charge is 2.67. The Morgan fingerprint density at radius 2 is 1.93 bits per heavy atom. The Labute approximate surface area is 249 Å². The number of rotatable bonds is 7. The van der Waals surface area contributed by atoms with E-state index in [1.807, 2.05) is 0 Å². The maximum absolute atomic E-state index is 14.1. The third kappa shape index (κ3) is 4.93. The second-order valence-electron chi connectivity index (χ2n) is 10.6. The number of anilines is 2. The number of alkyl halides is 3. The number of benzene rings is 2. The van der Waals surface area contributed by atoms with Crippen molar-refractivity contribution < 1.29 is 32.3 Å². The van der Waals surface area contributed by atoms with Crippen LogP contribution in [0.2, 0.25) is 5.02 Å². The molecule has 1 saturated heterocycles. The van der Waals surface area contributed by atoms with E-state index in [4.69, 9.17) is 33.7 Å². The summed E-state index contributed by atoms with van der Waals surface area (Å²) >= 11 is 12.8. The van der Waals surface area contributed by atoms with Crippen LogP contribution in [-0.2, 0) is 15.0 Å². The summed E-state index contributed by atoms with van der Waals surface area (Å²) in [6, 6.07) is 6.60. The predicted octanol–water partition coefficient (Wildman–Crippen LogP) is 5.13. The summed E-state index contributed by atoms with van der Waals surface area (Å²) < 4.78 is 47.0. The van der Waals surface area contributed by atoms with Crippen molar-refractivity contribution in [3.05, 3.63) is 75.8 Å². The van der Waals surface area contributed by atoms with Gasteiger partial charge >= 0.3 is 6.18 Å². The Bertz CT molecular complexity index is 1530. The lowest BCUT2D eigenvalue weighted by Crippen LogP contribution is -2.52. The molecule has 5 N–H and O–H groups in total. The minimum absolute atomic E-state index is 0.142. The molecule has 3 aliphatic rings. The fourth-order valence-corrected chi connectivity index (χ4v) is 6.80. The Morgan fingerprint density at radius 1 is 1.19 bits per heavy atom. The number of halogens is 5. The van der Waals surface area contributed by atoms with E-state index in [9.17, 15) is 27.6 Å². The van der Waals surface area contributed by atoms with Crippen molar-refractivity contribution in [2.24, 2.45) is 23.5 Å². The molecule has 42 heavy (non-hydrogen) atoms. The van der Waals surface area contributed by atoms with Crippen molar-refractivity contribution in [3.63, 3.8) is 0 Å². The van der Waals surface area contributed by atoms with Crippen LogP contribution in [0, 0.1) is 17.8 Å². The van der Waals surface area contributed by atoms with E-state index in [-0.39, 0.29) is 17.0 Å². The van der Waals surface area contributed by atoms with Gasteiger partial charge in [0.15, 0.2) is 0 Å². The molecule has 3 amide bonds. The molecule has 13 heteroatoms. The number of fused-ring (bicyclic) bond motifs is 2. The van der Waals surface area contributed by atoms with Gasteiger partial charge in [0.25, 0.3) is 0 Å². The molecule has 0 bridgehead atoms. The van der Waals surface area contributed by atoms with Crippen molar-refractivity contribution in [2.75, 3.05) is 17.7 Å². The largest absolute Gasteiger partial charge is 0.495 e.